The summed E-state index contributed by atoms with van der Waals surface area (Å²) in [7, 11) is -3.10. The van der Waals surface area contributed by atoms with Crippen LogP contribution < -0.4 is 26.1 Å². The molecule has 1 aromatic carbocycles. The van der Waals surface area contributed by atoms with Gasteiger partial charge in [0.15, 0.2) is 16.5 Å². The number of hydrogen-bond acceptors (Lipinski definition) is 14. The quantitative estimate of drug-likeness (QED) is 0.0391. The highest BCUT2D eigenvalue weighted by Gasteiger charge is 2.58. The van der Waals surface area contributed by atoms with Crippen LogP contribution in [0.1, 0.15) is 26.0 Å². The Morgan fingerprint density at radius 3 is 2.32 bits per heavy atom. The summed E-state index contributed by atoms with van der Waals surface area (Å²) in [4.78, 5) is 55.7. The Hall–Kier alpha value is -5.37. The minimum Gasteiger partial charge on any atom is -0.489 e. The lowest BCUT2D eigenvalue weighted by molar-refractivity contribution is -0.660. The van der Waals surface area contributed by atoms with Crippen LogP contribution in [-0.2, 0) is 52.3 Å². The van der Waals surface area contributed by atoms with Gasteiger partial charge in [-0.2, -0.15) is 26.7 Å². The fraction of sp³-hybridized carbons (Fsp3) is 0.393. The highest BCUT2D eigenvalue weighted by Crippen LogP contribution is 2.33. The van der Waals surface area contributed by atoms with Gasteiger partial charge in [-0.25, -0.2) is 23.7 Å². The van der Waals surface area contributed by atoms with Crippen molar-refractivity contribution in [2.24, 2.45) is 17.9 Å². The molecule has 0 spiro atoms. The fourth-order valence-corrected chi connectivity index (χ4v) is 5.42. The van der Waals surface area contributed by atoms with Gasteiger partial charge < -0.3 is 36.6 Å². The van der Waals surface area contributed by atoms with E-state index < -0.39 is 70.3 Å². The van der Waals surface area contributed by atoms with Gasteiger partial charge >= 0.3 is 28.5 Å². The van der Waals surface area contributed by atoms with Crippen molar-refractivity contribution >= 4 is 56.3 Å². The molecule has 290 valence electrons. The third-order valence-electron chi connectivity index (χ3n) is 7.05. The van der Waals surface area contributed by atoms with Crippen LogP contribution in [0.25, 0.3) is 11.3 Å². The lowest BCUT2D eigenvalue weighted by Gasteiger charge is -2.50. The Morgan fingerprint density at radius 2 is 1.83 bits per heavy atom. The van der Waals surface area contributed by atoms with Crippen LogP contribution >= 0.6 is 11.3 Å². The van der Waals surface area contributed by atoms with Gasteiger partial charge in [-0.05, 0) is 51.1 Å². The zero-order valence-electron chi connectivity index (χ0n) is 27.9. The summed E-state index contributed by atoms with van der Waals surface area (Å²) >= 11 is 0.961. The summed E-state index contributed by atoms with van der Waals surface area (Å²) in [6.07, 6.45) is -1.97. The average Bonchev–Trinajstić information content (AvgIpc) is 3.66. The molecule has 3 aromatic rings. The van der Waals surface area contributed by atoms with Crippen molar-refractivity contribution in [3.05, 3.63) is 47.9 Å². The first-order valence-electron chi connectivity index (χ1n) is 14.8. The topological polar surface area (TPSA) is 292 Å². The van der Waals surface area contributed by atoms with Crippen LogP contribution in [0.3, 0.4) is 0 Å². The molecule has 3 heterocycles. The number of thiazole rings is 1. The number of aliphatic carboxylic acids is 2. The Balaban J connectivity index is 0.000000980. The number of imidazole rings is 1. The normalized spacial score (nSPS) is 16.2. The lowest BCUT2D eigenvalue weighted by Crippen LogP contribution is -2.76. The number of amides is 2. The first kappa shape index (κ1) is 42.0. The highest BCUT2D eigenvalue weighted by molar-refractivity contribution is 7.80. The number of aromatic nitrogens is 3. The summed E-state index contributed by atoms with van der Waals surface area (Å²) in [5, 5.41) is 24.7. The maximum atomic E-state index is 13.2. The van der Waals surface area contributed by atoms with Crippen LogP contribution in [0.15, 0.2) is 47.3 Å². The van der Waals surface area contributed by atoms with E-state index in [0.717, 1.165) is 35.6 Å². The summed E-state index contributed by atoms with van der Waals surface area (Å²) in [6.45, 7) is 3.60. The molecular formula is C28H34F3N8O12S2+. The van der Waals surface area contributed by atoms with E-state index in [1.54, 1.807) is 12.1 Å². The lowest BCUT2D eigenvalue weighted by atomic mass is 9.84. The molecule has 25 heteroatoms. The first-order chi connectivity index (χ1) is 24.5. The zero-order valence-corrected chi connectivity index (χ0v) is 29.5. The maximum Gasteiger partial charge on any atom is 0.490 e. The monoisotopic (exact) mass is 795 g/mol. The van der Waals surface area contributed by atoms with Gasteiger partial charge in [0.05, 0.1) is 19.1 Å². The van der Waals surface area contributed by atoms with E-state index in [-0.39, 0.29) is 10.8 Å². The number of hydroxylamine groups is 2. The van der Waals surface area contributed by atoms with Crippen molar-refractivity contribution < 1.29 is 74.0 Å². The number of nitrogens with zero attached hydrogens (tertiary/aromatic N) is 5. The van der Waals surface area contributed by atoms with Gasteiger partial charge in [0.1, 0.15) is 30.3 Å². The van der Waals surface area contributed by atoms with E-state index in [4.69, 9.17) is 35.5 Å². The van der Waals surface area contributed by atoms with Gasteiger partial charge in [-0.3, -0.25) is 14.1 Å². The van der Waals surface area contributed by atoms with Crippen molar-refractivity contribution in [3.8, 4) is 17.0 Å². The number of alkyl halides is 3. The minimum absolute atomic E-state index is 0.0607. The molecule has 53 heavy (non-hydrogen) atoms. The molecule has 0 aliphatic carbocycles. The Morgan fingerprint density at radius 1 is 1.21 bits per heavy atom. The number of nitrogens with two attached hydrogens (primary N) is 2. The molecule has 0 radical (unpaired) electrons. The smallest absolute Gasteiger partial charge is 0.489 e. The van der Waals surface area contributed by atoms with Crippen LogP contribution in [0.2, 0.25) is 0 Å². The number of ether oxygens (including phenoxy) is 1. The molecule has 8 N–H and O–H groups in total. The van der Waals surface area contributed by atoms with E-state index in [9.17, 15) is 41.1 Å². The van der Waals surface area contributed by atoms with E-state index >= 15 is 0 Å². The second-order valence-electron chi connectivity index (χ2n) is 11.4. The minimum atomic E-state index is -5.08. The standard InChI is InChI=1S/C26H32N8O10S2.C2HF3O2/c1-26(2)21(23(36)34(26)44-46(39,40)41)30-22(35)20(17-13-45-25(28)29-17)31-43-19(24(37)38)12-42-16-7-5-15(6-8-16)18-11-33(10-4-9-27)14-32(18)3;3-2(4,5)1(6)7/h5-8,11,13-14,19,21H,4,9-10,12,27H2,1-3H3,(H4-,28,29,30,35,37,38,39,40,41);(H,6,7)/p+1/b31-20-;/t19?,21-;/m1./s1. The molecule has 1 aliphatic heterocycles. The molecule has 1 aliphatic rings. The molecule has 2 atom stereocenters. The average molecular weight is 796 g/mol. The van der Waals surface area contributed by atoms with E-state index in [2.05, 4.69) is 19.7 Å². The van der Waals surface area contributed by atoms with Gasteiger partial charge in [-0.1, -0.05) is 5.16 Å². The molecule has 2 aromatic heterocycles. The third kappa shape index (κ3) is 11.3. The first-order valence-corrected chi connectivity index (χ1v) is 17.1. The second-order valence-corrected chi connectivity index (χ2v) is 13.3. The molecule has 2 amide bonds. The summed E-state index contributed by atoms with van der Waals surface area (Å²) in [6, 6.07) is 5.63. The molecule has 20 nitrogen and oxygen atoms in total. The molecule has 1 unspecified atom stereocenters. The highest BCUT2D eigenvalue weighted by atomic mass is 32.3. The summed E-state index contributed by atoms with van der Waals surface area (Å²) in [5.74, 6) is -5.87. The fourth-order valence-electron chi connectivity index (χ4n) is 4.42. The maximum absolute atomic E-state index is 13.2. The number of oxime groups is 1. The number of nitrogen functional groups attached to an aromatic ring is 1. The molecule has 0 bridgehead atoms. The summed E-state index contributed by atoms with van der Waals surface area (Å²) < 4.78 is 76.8. The second kappa shape index (κ2) is 17.0. The van der Waals surface area contributed by atoms with Gasteiger partial charge in [0, 0.05) is 10.9 Å². The van der Waals surface area contributed by atoms with E-state index in [1.807, 2.05) is 40.8 Å². The van der Waals surface area contributed by atoms with E-state index in [1.165, 1.54) is 19.2 Å². The van der Waals surface area contributed by atoms with Crippen molar-refractivity contribution in [3.63, 3.8) is 0 Å². The number of carbonyl (C=O) groups excluding carboxylic acids is 2. The predicted molar refractivity (Wildman–Crippen MR) is 175 cm³/mol. The number of β-lactam (4-membered cyclic amide) rings is 1. The largest absolute Gasteiger partial charge is 0.490 e. The Kier molecular flexibility index (Phi) is 13.5. The molecular weight excluding hydrogens is 761 g/mol. The van der Waals surface area contributed by atoms with Crippen LogP contribution in [0, 0.1) is 0 Å². The van der Waals surface area contributed by atoms with Crippen molar-refractivity contribution in [2.75, 3.05) is 18.9 Å². The van der Waals surface area contributed by atoms with Crippen molar-refractivity contribution in [1.29, 1.82) is 0 Å². The van der Waals surface area contributed by atoms with Gasteiger partial charge in [0.25, 0.3) is 17.9 Å². The SMILES string of the molecule is C[n+]1cn(CCCN)cc1-c1ccc(OCC(O/N=C(\C(=O)N[C@@H]2C(=O)N(OS(=O)(=O)O)C2(C)C)c2csc(N)n2)C(=O)O)cc1.O=C(O)C(F)(F)F. The number of carbonyl (C=O) groups is 4. The number of carboxylic acids is 2. The number of benzene rings is 1. The summed E-state index contributed by atoms with van der Waals surface area (Å²) in [5.41, 5.74) is 11.1. The van der Waals surface area contributed by atoms with Crippen molar-refractivity contribution in [2.45, 2.75) is 50.7 Å². The number of anilines is 1. The Bertz CT molecular complexity index is 1950. The Labute approximate surface area is 302 Å². The van der Waals surface area contributed by atoms with Gasteiger partial charge in [0.2, 0.25) is 6.33 Å². The van der Waals surface area contributed by atoms with Crippen LogP contribution in [0.5, 0.6) is 5.75 Å². The number of nitrogens with one attached hydrogen (secondary N) is 1. The van der Waals surface area contributed by atoms with Crippen LogP contribution in [0.4, 0.5) is 18.3 Å². The van der Waals surface area contributed by atoms with Crippen molar-refractivity contribution in [1.82, 2.24) is 19.9 Å². The number of carboxylic acid groups (broad SMARTS) is 2. The number of hydrogen-bond donors (Lipinski definition) is 6. The molecule has 4 rings (SSSR count). The molecule has 1 fully saturated rings. The van der Waals surface area contributed by atoms with Crippen LogP contribution in [-0.4, -0.2) is 104 Å². The predicted octanol–water partition coefficient (Wildman–Crippen LogP) is 0.0933. The third-order valence-corrected chi connectivity index (χ3v) is 8.06. The van der Waals surface area contributed by atoms with E-state index in [0.29, 0.717) is 17.4 Å². The molecule has 1 saturated heterocycles. The zero-order chi connectivity index (χ0) is 39.9. The number of rotatable bonds is 15. The number of aryl methyl sites for hydroxylation is 2. The van der Waals surface area contributed by atoms with Gasteiger partial charge in [-0.15, -0.1) is 15.6 Å². The number of halogens is 3. The molecule has 0 saturated carbocycles.